The molecule has 0 bridgehead atoms. The van der Waals surface area contributed by atoms with Crippen LogP contribution in [0.25, 0.3) is 10.8 Å². The maximum atomic E-state index is 5.53. The van der Waals surface area contributed by atoms with Crippen molar-refractivity contribution in [2.24, 2.45) is 0 Å². The second kappa shape index (κ2) is 6.38. The lowest BCUT2D eigenvalue weighted by Gasteiger charge is -2.12. The summed E-state index contributed by atoms with van der Waals surface area (Å²) < 4.78 is 5.53. The molecule has 2 aromatic rings. The van der Waals surface area contributed by atoms with Crippen LogP contribution in [0.4, 0.5) is 5.69 Å². The molecule has 1 heterocycles. The highest BCUT2D eigenvalue weighted by molar-refractivity contribution is 5.89. The predicted octanol–water partition coefficient (Wildman–Crippen LogP) is 2.61. The lowest BCUT2D eigenvalue weighted by Crippen LogP contribution is -2.20. The molecule has 1 aromatic carbocycles. The van der Waals surface area contributed by atoms with E-state index in [1.54, 1.807) is 6.20 Å². The van der Waals surface area contributed by atoms with Crippen molar-refractivity contribution in [1.82, 2.24) is 9.88 Å². The number of hydrogen-bond acceptors (Lipinski definition) is 4. The van der Waals surface area contributed by atoms with Crippen molar-refractivity contribution in [2.45, 2.75) is 6.92 Å². The molecule has 0 aliphatic heterocycles. The molecule has 4 heteroatoms. The summed E-state index contributed by atoms with van der Waals surface area (Å²) in [6.45, 7) is 4.55. The minimum Gasteiger partial charge on any atom is -0.478 e. The van der Waals surface area contributed by atoms with E-state index in [0.717, 1.165) is 29.5 Å². The standard InChI is InChI=1S/C15H21N3O/c1-4-19-15-14-6-5-13(16-9-10-18(2)3)11-12(14)7-8-17-15/h5-8,11,16H,4,9-10H2,1-3H3. The van der Waals surface area contributed by atoms with Crippen LogP contribution in [-0.2, 0) is 0 Å². The Balaban J connectivity index is 2.16. The summed E-state index contributed by atoms with van der Waals surface area (Å²) in [6, 6.07) is 8.28. The van der Waals surface area contributed by atoms with Crippen molar-refractivity contribution in [3.8, 4) is 5.88 Å². The molecule has 4 nitrogen and oxygen atoms in total. The smallest absolute Gasteiger partial charge is 0.221 e. The van der Waals surface area contributed by atoms with E-state index >= 15 is 0 Å². The third-order valence-corrected chi connectivity index (χ3v) is 2.90. The van der Waals surface area contributed by atoms with Gasteiger partial charge in [0.15, 0.2) is 0 Å². The van der Waals surface area contributed by atoms with Crippen LogP contribution in [0.3, 0.4) is 0 Å². The quantitative estimate of drug-likeness (QED) is 0.865. The Bertz CT molecular complexity index is 540. The van der Waals surface area contributed by atoms with Crippen molar-refractivity contribution in [3.63, 3.8) is 0 Å². The van der Waals surface area contributed by atoms with E-state index in [9.17, 15) is 0 Å². The molecule has 1 N–H and O–H groups in total. The number of likely N-dealkylation sites (N-methyl/N-ethyl adjacent to an activating group) is 1. The van der Waals surface area contributed by atoms with Gasteiger partial charge in [-0.15, -0.1) is 0 Å². The molecule has 1 aromatic heterocycles. The largest absolute Gasteiger partial charge is 0.478 e. The highest BCUT2D eigenvalue weighted by Gasteiger charge is 2.03. The van der Waals surface area contributed by atoms with E-state index in [0.29, 0.717) is 12.5 Å². The molecule has 0 radical (unpaired) electrons. The first-order valence-corrected chi connectivity index (χ1v) is 6.61. The van der Waals surface area contributed by atoms with Crippen LogP contribution in [0.5, 0.6) is 5.88 Å². The number of benzene rings is 1. The van der Waals surface area contributed by atoms with E-state index in [4.69, 9.17) is 4.74 Å². The minimum atomic E-state index is 0.634. The van der Waals surface area contributed by atoms with Gasteiger partial charge in [0.25, 0.3) is 0 Å². The topological polar surface area (TPSA) is 37.4 Å². The van der Waals surface area contributed by atoms with Gasteiger partial charge >= 0.3 is 0 Å². The van der Waals surface area contributed by atoms with Gasteiger partial charge in [-0.1, -0.05) is 0 Å². The van der Waals surface area contributed by atoms with Gasteiger partial charge in [-0.25, -0.2) is 4.98 Å². The van der Waals surface area contributed by atoms with Crippen LogP contribution >= 0.6 is 0 Å². The minimum absolute atomic E-state index is 0.634. The number of nitrogens with one attached hydrogen (secondary N) is 1. The number of nitrogens with zero attached hydrogens (tertiary/aromatic N) is 2. The summed E-state index contributed by atoms with van der Waals surface area (Å²) in [5.41, 5.74) is 1.13. The predicted molar refractivity (Wildman–Crippen MR) is 80.0 cm³/mol. The first-order valence-electron chi connectivity index (χ1n) is 6.61. The molecule has 0 saturated heterocycles. The molecule has 2 rings (SSSR count). The van der Waals surface area contributed by atoms with Crippen molar-refractivity contribution < 1.29 is 4.74 Å². The van der Waals surface area contributed by atoms with E-state index in [-0.39, 0.29) is 0 Å². The second-order valence-electron chi connectivity index (χ2n) is 4.72. The fourth-order valence-electron chi connectivity index (χ4n) is 1.94. The first-order chi connectivity index (χ1) is 9.20. The Kier molecular flexibility index (Phi) is 4.58. The van der Waals surface area contributed by atoms with Gasteiger partial charge in [0.2, 0.25) is 5.88 Å². The average molecular weight is 259 g/mol. The number of fused-ring (bicyclic) bond motifs is 1. The van der Waals surface area contributed by atoms with Gasteiger partial charge in [0.1, 0.15) is 0 Å². The van der Waals surface area contributed by atoms with Crippen molar-refractivity contribution in [1.29, 1.82) is 0 Å². The first kappa shape index (κ1) is 13.6. The Labute approximate surface area is 114 Å². The number of anilines is 1. The monoisotopic (exact) mass is 259 g/mol. The van der Waals surface area contributed by atoms with Crippen LogP contribution in [0.2, 0.25) is 0 Å². The Morgan fingerprint density at radius 3 is 2.84 bits per heavy atom. The molecule has 19 heavy (non-hydrogen) atoms. The molecule has 102 valence electrons. The van der Waals surface area contributed by atoms with Crippen LogP contribution in [0.1, 0.15) is 6.92 Å². The molecule has 0 amide bonds. The van der Waals surface area contributed by atoms with Crippen LogP contribution in [0, 0.1) is 0 Å². The van der Waals surface area contributed by atoms with E-state index in [1.165, 1.54) is 0 Å². The Morgan fingerprint density at radius 1 is 1.26 bits per heavy atom. The Morgan fingerprint density at radius 2 is 2.11 bits per heavy atom. The maximum Gasteiger partial charge on any atom is 0.221 e. The highest BCUT2D eigenvalue weighted by Crippen LogP contribution is 2.25. The molecule has 0 aliphatic carbocycles. The van der Waals surface area contributed by atoms with Crippen molar-refractivity contribution in [3.05, 3.63) is 30.5 Å². The van der Waals surface area contributed by atoms with Gasteiger partial charge < -0.3 is 15.0 Å². The maximum absolute atomic E-state index is 5.53. The fourth-order valence-corrected chi connectivity index (χ4v) is 1.94. The second-order valence-corrected chi connectivity index (χ2v) is 4.72. The van der Waals surface area contributed by atoms with E-state index < -0.39 is 0 Å². The summed E-state index contributed by atoms with van der Waals surface area (Å²) in [5.74, 6) is 0.708. The van der Waals surface area contributed by atoms with Gasteiger partial charge in [-0.05, 0) is 50.7 Å². The van der Waals surface area contributed by atoms with Crippen LogP contribution < -0.4 is 10.1 Å². The van der Waals surface area contributed by atoms with Crippen molar-refractivity contribution >= 4 is 16.5 Å². The van der Waals surface area contributed by atoms with Gasteiger partial charge in [-0.3, -0.25) is 0 Å². The SMILES string of the molecule is CCOc1nccc2cc(NCCN(C)C)ccc12. The number of ether oxygens (including phenoxy) is 1. The molecule has 0 spiro atoms. The summed E-state index contributed by atoms with van der Waals surface area (Å²) >= 11 is 0. The third kappa shape index (κ3) is 3.58. The molecule has 0 unspecified atom stereocenters. The number of aromatic nitrogens is 1. The lowest BCUT2D eigenvalue weighted by atomic mass is 10.1. The van der Waals surface area contributed by atoms with Gasteiger partial charge in [-0.2, -0.15) is 0 Å². The normalized spacial score (nSPS) is 10.9. The number of hydrogen-bond donors (Lipinski definition) is 1. The van der Waals surface area contributed by atoms with Gasteiger partial charge in [0, 0.05) is 30.4 Å². The summed E-state index contributed by atoms with van der Waals surface area (Å²) in [5, 5.41) is 5.62. The summed E-state index contributed by atoms with van der Waals surface area (Å²) in [4.78, 5) is 6.42. The highest BCUT2D eigenvalue weighted by atomic mass is 16.5. The molecule has 0 saturated carbocycles. The molecular formula is C15H21N3O. The Hall–Kier alpha value is -1.81. The average Bonchev–Trinajstić information content (AvgIpc) is 2.39. The van der Waals surface area contributed by atoms with Crippen LogP contribution in [0.15, 0.2) is 30.5 Å². The van der Waals surface area contributed by atoms with Gasteiger partial charge in [0.05, 0.1) is 6.61 Å². The van der Waals surface area contributed by atoms with E-state index in [2.05, 4.69) is 47.5 Å². The molecule has 0 atom stereocenters. The lowest BCUT2D eigenvalue weighted by molar-refractivity contribution is 0.331. The zero-order chi connectivity index (χ0) is 13.7. The molecule has 0 fully saturated rings. The zero-order valence-electron chi connectivity index (χ0n) is 11.8. The summed E-state index contributed by atoms with van der Waals surface area (Å²) in [7, 11) is 4.14. The van der Waals surface area contributed by atoms with Crippen molar-refractivity contribution in [2.75, 3.05) is 39.1 Å². The molecular weight excluding hydrogens is 238 g/mol. The number of pyridine rings is 1. The zero-order valence-corrected chi connectivity index (χ0v) is 11.8. The molecule has 0 aliphatic rings. The third-order valence-electron chi connectivity index (χ3n) is 2.90. The number of rotatable bonds is 6. The van der Waals surface area contributed by atoms with E-state index in [1.807, 2.05) is 13.0 Å². The van der Waals surface area contributed by atoms with Crippen LogP contribution in [-0.4, -0.2) is 43.7 Å². The fraction of sp³-hybridized carbons (Fsp3) is 0.400. The summed E-state index contributed by atoms with van der Waals surface area (Å²) in [6.07, 6.45) is 1.79.